The minimum atomic E-state index is -2.18. The maximum atomic E-state index is 9.41. The number of aliphatic hydroxyl groups is 1. The molecule has 0 aliphatic carbocycles. The lowest BCUT2D eigenvalue weighted by Crippen LogP contribution is -2.21. The van der Waals surface area contributed by atoms with Crippen LogP contribution in [0.25, 0.3) is 0 Å². The molecule has 72 valence electrons. The third-order valence-corrected chi connectivity index (χ3v) is 3.50. The van der Waals surface area contributed by atoms with Gasteiger partial charge in [-0.25, -0.2) is 0 Å². The van der Waals surface area contributed by atoms with Crippen molar-refractivity contribution in [2.24, 2.45) is 0 Å². The molecule has 12 heavy (non-hydrogen) atoms. The van der Waals surface area contributed by atoms with Gasteiger partial charge in [0.1, 0.15) is 0 Å². The average molecular weight is 212 g/mol. The van der Waals surface area contributed by atoms with E-state index < -0.39 is 19.0 Å². The molecule has 1 fully saturated rings. The molecule has 0 bridgehead atoms. The van der Waals surface area contributed by atoms with Crippen LogP contribution in [0.1, 0.15) is 14.2 Å². The van der Waals surface area contributed by atoms with E-state index in [9.17, 15) is 10.00 Å². The van der Waals surface area contributed by atoms with E-state index in [1.807, 2.05) is 0 Å². The number of hydrogen-bond donors (Lipinski definition) is 2. The van der Waals surface area contributed by atoms with Gasteiger partial charge in [0.15, 0.2) is 0 Å². The first-order valence-corrected chi connectivity index (χ1v) is 7.32. The quantitative estimate of drug-likeness (QED) is 0.670. The molecule has 1 aliphatic heterocycles. The van der Waals surface area contributed by atoms with Crippen LogP contribution in [0.2, 0.25) is 0 Å². The maximum Gasteiger partial charge on any atom is 0.0839 e. The van der Waals surface area contributed by atoms with Crippen LogP contribution in [0, 0.1) is 0 Å². The van der Waals surface area contributed by atoms with E-state index >= 15 is 0 Å². The predicted octanol–water partition coefficient (Wildman–Crippen LogP) is 0.543. The predicted molar refractivity (Wildman–Crippen MR) is 52.3 cm³/mol. The Bertz CT molecular complexity index is 220. The van der Waals surface area contributed by atoms with Gasteiger partial charge in [-0.05, 0) is 19.5 Å². The molecular weight excluding hydrogens is 195 g/mol. The monoisotopic (exact) mass is 212 g/mol. The summed E-state index contributed by atoms with van der Waals surface area (Å²) in [5, 5.41) is 9.41. The Labute approximate surface area is 79.2 Å². The molecule has 1 aliphatic rings. The summed E-state index contributed by atoms with van der Waals surface area (Å²) in [5.41, 5.74) is 0. The maximum absolute atomic E-state index is 9.41. The van der Waals surface area contributed by atoms with Gasteiger partial charge in [0.05, 0.1) is 19.8 Å². The summed E-state index contributed by atoms with van der Waals surface area (Å²) in [6.45, 7) is 1.04. The highest BCUT2D eigenvalue weighted by Gasteiger charge is 2.26. The summed E-state index contributed by atoms with van der Waals surface area (Å²) in [7, 11) is 0. The molecule has 2 unspecified atom stereocenters. The molecule has 1 heterocycles. The Hall–Kier alpha value is 0.530. The molecule has 1 saturated heterocycles. The van der Waals surface area contributed by atoms with E-state index in [1.54, 1.807) is 6.66 Å². The van der Waals surface area contributed by atoms with Gasteiger partial charge in [-0.15, -0.1) is 0 Å². The molecule has 0 aromatic heterocycles. The summed E-state index contributed by atoms with van der Waals surface area (Å²) >= 11 is 4.87. The largest absolute Gasteiger partial charge is 0.390 e. The molecule has 2 N–H and O–H groups in total. The fourth-order valence-electron chi connectivity index (χ4n) is 1.15. The van der Waals surface area contributed by atoms with Crippen LogP contribution in [-0.4, -0.2) is 41.6 Å². The molecule has 4 atom stereocenters. The van der Waals surface area contributed by atoms with Crippen molar-refractivity contribution in [2.45, 2.75) is 25.0 Å². The zero-order valence-electron chi connectivity index (χ0n) is 8.01. The fraction of sp³-hybridized carbons (Fsp3) is 1.00. The van der Waals surface area contributed by atoms with Gasteiger partial charge in [0, 0.05) is 12.7 Å². The van der Waals surface area contributed by atoms with Gasteiger partial charge in [0.2, 0.25) is 0 Å². The van der Waals surface area contributed by atoms with Gasteiger partial charge in [-0.3, -0.25) is 0 Å². The van der Waals surface area contributed by atoms with Crippen LogP contribution in [0.3, 0.4) is 0 Å². The summed E-state index contributed by atoms with van der Waals surface area (Å²) in [6.07, 6.45) is -1.63. The van der Waals surface area contributed by atoms with Crippen molar-refractivity contribution in [3.8, 4) is 0 Å². The molecule has 0 amide bonds. The van der Waals surface area contributed by atoms with Crippen molar-refractivity contribution in [2.75, 3.05) is 19.4 Å². The first-order valence-electron chi connectivity index (χ1n) is 4.51. The van der Waals surface area contributed by atoms with Gasteiger partial charge in [-0.1, -0.05) is 11.8 Å². The molecule has 1 rings (SSSR count). The highest BCUT2D eigenvalue weighted by molar-refractivity contribution is 8.11. The van der Waals surface area contributed by atoms with E-state index in [1.165, 1.54) is 0 Å². The minimum Gasteiger partial charge on any atom is -0.390 e. The fourth-order valence-corrected chi connectivity index (χ4v) is 2.20. The Morgan fingerprint density at radius 1 is 1.83 bits per heavy atom. The number of ether oxygens (including phenoxy) is 1. The highest BCUT2D eigenvalue weighted by atomic mass is 32.4. The Morgan fingerprint density at radius 3 is 2.92 bits per heavy atom. The lowest BCUT2D eigenvalue weighted by molar-refractivity contribution is 0.0407. The van der Waals surface area contributed by atoms with Crippen molar-refractivity contribution >= 4 is 18.1 Å². The van der Waals surface area contributed by atoms with Crippen molar-refractivity contribution < 1.29 is 16.1 Å². The summed E-state index contributed by atoms with van der Waals surface area (Å²) in [6, 6.07) is 0. The molecule has 3 nitrogen and oxygen atoms in total. The second-order valence-electron chi connectivity index (χ2n) is 3.21. The van der Waals surface area contributed by atoms with Gasteiger partial charge >= 0.3 is 0 Å². The van der Waals surface area contributed by atoms with E-state index in [0.29, 0.717) is 19.0 Å². The lowest BCUT2D eigenvalue weighted by atomic mass is 10.1. The zero-order chi connectivity index (χ0) is 10.1. The van der Waals surface area contributed by atoms with Crippen LogP contribution in [0.5, 0.6) is 0 Å². The molecule has 0 radical (unpaired) electrons. The third-order valence-electron chi connectivity index (χ3n) is 1.87. The van der Waals surface area contributed by atoms with Gasteiger partial charge in [-0.2, -0.15) is 0 Å². The van der Waals surface area contributed by atoms with Gasteiger partial charge < -0.3 is 14.7 Å². The normalized spacial score (nSPS) is 42.2. The Morgan fingerprint density at radius 2 is 2.50 bits per heavy atom. The standard InChI is InChI=1S/C7H15O3PS/c1-11(9,12)5-3-7-6(8)2-4-10-7/h6-8H,2-5H2,1H3,(H,9,12)/t6-,7-,11?/m1/s1/i4T/t4?,6-,7-,11?. The smallest absolute Gasteiger partial charge is 0.0839 e. The first kappa shape index (κ1) is 9.10. The molecule has 0 saturated carbocycles. The Kier molecular flexibility index (Phi) is 3.15. The number of aliphatic hydroxyl groups excluding tert-OH is 1. The van der Waals surface area contributed by atoms with E-state index in [4.69, 9.17) is 17.9 Å². The molecule has 0 aromatic carbocycles. The van der Waals surface area contributed by atoms with Crippen molar-refractivity contribution in [3.63, 3.8) is 0 Å². The van der Waals surface area contributed by atoms with E-state index in [2.05, 4.69) is 0 Å². The molecule has 0 aromatic rings. The van der Waals surface area contributed by atoms with Crippen molar-refractivity contribution in [1.29, 1.82) is 0 Å². The molecule has 5 heteroatoms. The molecular formula is C7H15O3PS. The van der Waals surface area contributed by atoms with Crippen LogP contribution in [0.15, 0.2) is 0 Å². The van der Waals surface area contributed by atoms with Crippen molar-refractivity contribution in [1.82, 2.24) is 0 Å². The number of rotatable bonds is 3. The van der Waals surface area contributed by atoms with E-state index in [0.717, 1.165) is 0 Å². The van der Waals surface area contributed by atoms with Crippen LogP contribution in [0.4, 0.5) is 0 Å². The third kappa shape index (κ3) is 3.50. The van der Waals surface area contributed by atoms with E-state index in [-0.39, 0.29) is 6.10 Å². The van der Waals surface area contributed by atoms with Crippen LogP contribution >= 0.6 is 6.26 Å². The summed E-state index contributed by atoms with van der Waals surface area (Å²) < 4.78 is 12.4. The van der Waals surface area contributed by atoms with Crippen LogP contribution < -0.4 is 0 Å². The minimum absolute atomic E-state index is 0.308. The summed E-state index contributed by atoms with van der Waals surface area (Å²) in [5.74, 6) is 0. The highest BCUT2D eigenvalue weighted by Crippen LogP contribution is 2.37. The SMILES string of the molecule is [3H]C1C[C@@H](O)[C@@H](CCP(C)(O)=S)O1. The lowest BCUT2D eigenvalue weighted by Gasteiger charge is -2.15. The summed E-state index contributed by atoms with van der Waals surface area (Å²) in [4.78, 5) is 9.37. The van der Waals surface area contributed by atoms with Crippen molar-refractivity contribution in [3.05, 3.63) is 0 Å². The topological polar surface area (TPSA) is 49.7 Å². The van der Waals surface area contributed by atoms with Crippen LogP contribution in [-0.2, 0) is 16.5 Å². The Balaban J connectivity index is 2.34. The number of hydrogen-bond acceptors (Lipinski definition) is 3. The second kappa shape index (κ2) is 4.16. The first-order chi connectivity index (χ1) is 5.88. The molecule has 0 spiro atoms. The van der Waals surface area contributed by atoms with Gasteiger partial charge in [0.25, 0.3) is 0 Å². The zero-order valence-corrected chi connectivity index (χ0v) is 8.72. The second-order valence-corrected chi connectivity index (χ2v) is 8.12. The average Bonchev–Trinajstić information content (AvgIpc) is 2.24.